The number of fused-ring (bicyclic) bond motifs is 1. The van der Waals surface area contributed by atoms with Crippen molar-refractivity contribution in [1.29, 1.82) is 5.26 Å². The number of rotatable bonds is 3. The average molecular weight is 228 g/mol. The standard InChI is InChI=1S/C13H16N4/c1-15-7-12-3-10-4-13(10)17(12)11-2-9(5-14)6-16-8-11/h2,6,8,10,12-13,15H,3-4,7H2,1H3. The SMILES string of the molecule is CNCC1CC2CC2N1c1cncc(C#N)c1. The van der Waals surface area contributed by atoms with E-state index in [0.717, 1.165) is 18.2 Å². The van der Waals surface area contributed by atoms with Crippen molar-refractivity contribution in [3.05, 3.63) is 24.0 Å². The maximum atomic E-state index is 8.93. The number of nitriles is 1. The number of aromatic nitrogens is 1. The smallest absolute Gasteiger partial charge is 0.101 e. The van der Waals surface area contributed by atoms with Crippen LogP contribution in [0.4, 0.5) is 5.69 Å². The molecule has 1 aliphatic carbocycles. The molecular formula is C13H16N4. The van der Waals surface area contributed by atoms with E-state index in [0.29, 0.717) is 17.6 Å². The molecule has 0 bridgehead atoms. The van der Waals surface area contributed by atoms with Gasteiger partial charge in [-0.05, 0) is 31.9 Å². The van der Waals surface area contributed by atoms with Crippen molar-refractivity contribution in [1.82, 2.24) is 10.3 Å². The topological polar surface area (TPSA) is 52.0 Å². The van der Waals surface area contributed by atoms with E-state index in [2.05, 4.69) is 21.3 Å². The first-order valence-corrected chi connectivity index (χ1v) is 6.11. The van der Waals surface area contributed by atoms with Gasteiger partial charge in [-0.25, -0.2) is 0 Å². The van der Waals surface area contributed by atoms with Crippen LogP contribution >= 0.6 is 0 Å². The molecule has 0 radical (unpaired) electrons. The number of hydrogen-bond acceptors (Lipinski definition) is 4. The molecule has 2 aliphatic rings. The fourth-order valence-electron chi connectivity index (χ4n) is 3.01. The van der Waals surface area contributed by atoms with Crippen molar-refractivity contribution < 1.29 is 0 Å². The highest BCUT2D eigenvalue weighted by molar-refractivity contribution is 5.54. The van der Waals surface area contributed by atoms with Gasteiger partial charge >= 0.3 is 0 Å². The minimum absolute atomic E-state index is 0.555. The Bertz CT molecular complexity index is 465. The summed E-state index contributed by atoms with van der Waals surface area (Å²) in [6.07, 6.45) is 6.07. The van der Waals surface area contributed by atoms with Gasteiger partial charge in [0.2, 0.25) is 0 Å². The third-order valence-electron chi connectivity index (χ3n) is 3.80. The van der Waals surface area contributed by atoms with Crippen molar-refractivity contribution in [2.45, 2.75) is 24.9 Å². The lowest BCUT2D eigenvalue weighted by atomic mass is 10.1. The Balaban J connectivity index is 1.88. The second kappa shape index (κ2) is 4.01. The summed E-state index contributed by atoms with van der Waals surface area (Å²) in [4.78, 5) is 6.62. The first-order chi connectivity index (χ1) is 8.33. The first kappa shape index (κ1) is 10.5. The molecule has 1 aromatic rings. The van der Waals surface area contributed by atoms with Crippen molar-refractivity contribution in [2.24, 2.45) is 5.92 Å². The number of pyridine rings is 1. The quantitative estimate of drug-likeness (QED) is 0.843. The lowest BCUT2D eigenvalue weighted by molar-refractivity contribution is 0.564. The lowest BCUT2D eigenvalue weighted by Gasteiger charge is -2.29. The van der Waals surface area contributed by atoms with Crippen LogP contribution in [0.15, 0.2) is 18.5 Å². The fourth-order valence-corrected chi connectivity index (χ4v) is 3.01. The summed E-state index contributed by atoms with van der Waals surface area (Å²) in [6.45, 7) is 1.00. The minimum atomic E-state index is 0.555. The zero-order valence-corrected chi connectivity index (χ0v) is 9.93. The molecule has 17 heavy (non-hydrogen) atoms. The number of nitrogens with zero attached hydrogens (tertiary/aromatic N) is 3. The van der Waals surface area contributed by atoms with E-state index >= 15 is 0 Å². The molecule has 4 heteroatoms. The van der Waals surface area contributed by atoms with Gasteiger partial charge < -0.3 is 10.2 Å². The second-order valence-corrected chi connectivity index (χ2v) is 4.96. The van der Waals surface area contributed by atoms with E-state index in [-0.39, 0.29) is 0 Å². The molecule has 0 aromatic carbocycles. The van der Waals surface area contributed by atoms with E-state index in [1.54, 1.807) is 6.20 Å². The summed E-state index contributed by atoms with van der Waals surface area (Å²) in [5.41, 5.74) is 1.75. The Kier molecular flexibility index (Phi) is 2.49. The molecule has 3 rings (SSSR count). The molecular weight excluding hydrogens is 212 g/mol. The van der Waals surface area contributed by atoms with Crippen LogP contribution in [0.3, 0.4) is 0 Å². The van der Waals surface area contributed by atoms with Crippen molar-refractivity contribution >= 4 is 5.69 Å². The van der Waals surface area contributed by atoms with Crippen LogP contribution in [-0.4, -0.2) is 30.7 Å². The molecule has 1 aliphatic heterocycles. The van der Waals surface area contributed by atoms with Crippen molar-refractivity contribution in [3.8, 4) is 6.07 Å². The molecule has 4 nitrogen and oxygen atoms in total. The predicted molar refractivity (Wildman–Crippen MR) is 65.7 cm³/mol. The Labute approximate surface area is 101 Å². The highest BCUT2D eigenvalue weighted by Gasteiger charge is 2.51. The molecule has 3 atom stereocenters. The Morgan fingerprint density at radius 1 is 1.53 bits per heavy atom. The molecule has 2 fully saturated rings. The summed E-state index contributed by atoms with van der Waals surface area (Å²) in [6, 6.07) is 5.36. The van der Waals surface area contributed by atoms with E-state index in [9.17, 15) is 0 Å². The van der Waals surface area contributed by atoms with Crippen LogP contribution < -0.4 is 10.2 Å². The zero-order chi connectivity index (χ0) is 11.8. The van der Waals surface area contributed by atoms with Gasteiger partial charge in [-0.1, -0.05) is 0 Å². The minimum Gasteiger partial charge on any atom is -0.363 e. The predicted octanol–water partition coefficient (Wildman–Crippen LogP) is 1.14. The monoisotopic (exact) mass is 228 g/mol. The van der Waals surface area contributed by atoms with E-state index in [4.69, 9.17) is 5.26 Å². The third kappa shape index (κ3) is 1.77. The Morgan fingerprint density at radius 2 is 2.41 bits per heavy atom. The maximum absolute atomic E-state index is 8.93. The van der Waals surface area contributed by atoms with Gasteiger partial charge in [0, 0.05) is 24.8 Å². The number of piperidine rings is 1. The summed E-state index contributed by atoms with van der Waals surface area (Å²) < 4.78 is 0. The van der Waals surface area contributed by atoms with Crippen LogP contribution in [-0.2, 0) is 0 Å². The Morgan fingerprint density at radius 3 is 3.18 bits per heavy atom. The molecule has 1 saturated carbocycles. The molecule has 1 aromatic heterocycles. The van der Waals surface area contributed by atoms with Crippen LogP contribution in [0.25, 0.3) is 0 Å². The van der Waals surface area contributed by atoms with Crippen molar-refractivity contribution in [2.75, 3.05) is 18.5 Å². The molecule has 88 valence electrons. The molecule has 2 heterocycles. The summed E-state index contributed by atoms with van der Waals surface area (Å²) in [5, 5.41) is 12.2. The molecule has 1 saturated heterocycles. The second-order valence-electron chi connectivity index (χ2n) is 4.96. The maximum Gasteiger partial charge on any atom is 0.101 e. The van der Waals surface area contributed by atoms with Crippen LogP contribution in [0.1, 0.15) is 18.4 Å². The fraction of sp³-hybridized carbons (Fsp3) is 0.538. The molecule has 1 N–H and O–H groups in total. The molecule has 3 unspecified atom stereocenters. The average Bonchev–Trinajstić information content (AvgIpc) is 3.02. The summed E-state index contributed by atoms with van der Waals surface area (Å²) in [5.74, 6) is 0.860. The van der Waals surface area contributed by atoms with Crippen LogP contribution in [0.5, 0.6) is 0 Å². The van der Waals surface area contributed by atoms with Gasteiger partial charge in [-0.15, -0.1) is 0 Å². The highest BCUT2D eigenvalue weighted by atomic mass is 15.3. The van der Waals surface area contributed by atoms with Gasteiger partial charge in [0.05, 0.1) is 17.4 Å². The van der Waals surface area contributed by atoms with Crippen molar-refractivity contribution in [3.63, 3.8) is 0 Å². The normalized spacial score (nSPS) is 29.9. The number of hydrogen-bond donors (Lipinski definition) is 1. The number of likely N-dealkylation sites (N-methyl/N-ethyl adjacent to an activating group) is 1. The van der Waals surface area contributed by atoms with Gasteiger partial charge in [-0.3, -0.25) is 4.98 Å². The van der Waals surface area contributed by atoms with Gasteiger partial charge in [-0.2, -0.15) is 5.26 Å². The number of anilines is 1. The van der Waals surface area contributed by atoms with Crippen LogP contribution in [0, 0.1) is 17.2 Å². The number of nitrogens with one attached hydrogen (secondary N) is 1. The largest absolute Gasteiger partial charge is 0.363 e. The van der Waals surface area contributed by atoms with Gasteiger partial charge in [0.15, 0.2) is 0 Å². The Hall–Kier alpha value is -1.60. The summed E-state index contributed by atoms with van der Waals surface area (Å²) >= 11 is 0. The lowest BCUT2D eigenvalue weighted by Crippen LogP contribution is -2.39. The summed E-state index contributed by atoms with van der Waals surface area (Å²) in [7, 11) is 1.99. The van der Waals surface area contributed by atoms with Crippen LogP contribution in [0.2, 0.25) is 0 Å². The zero-order valence-electron chi connectivity index (χ0n) is 9.93. The first-order valence-electron chi connectivity index (χ1n) is 6.11. The van der Waals surface area contributed by atoms with Gasteiger partial charge in [0.25, 0.3) is 0 Å². The molecule has 0 spiro atoms. The molecule has 0 amide bonds. The van der Waals surface area contributed by atoms with E-state index in [1.807, 2.05) is 19.3 Å². The van der Waals surface area contributed by atoms with Gasteiger partial charge in [0.1, 0.15) is 6.07 Å². The van der Waals surface area contributed by atoms with E-state index < -0.39 is 0 Å². The highest BCUT2D eigenvalue weighted by Crippen LogP contribution is 2.49. The third-order valence-corrected chi connectivity index (χ3v) is 3.80. The van der Waals surface area contributed by atoms with E-state index in [1.165, 1.54) is 12.8 Å².